The van der Waals surface area contributed by atoms with Crippen molar-refractivity contribution in [1.82, 2.24) is 0 Å². The number of aromatic carboxylic acids is 1. The number of carboxylic acids is 1. The number of thioether (sulfide) groups is 1. The predicted octanol–water partition coefficient (Wildman–Crippen LogP) is 2.51. The molecule has 0 aliphatic carbocycles. The number of hydrogen-bond donors (Lipinski definition) is 2. The van der Waals surface area contributed by atoms with Crippen molar-refractivity contribution in [3.05, 3.63) is 34.2 Å². The largest absolute Gasteiger partial charge is 0.478 e. The Morgan fingerprint density at radius 1 is 1.53 bits per heavy atom. The lowest BCUT2D eigenvalue weighted by molar-refractivity contribution is 0.0697. The third kappa shape index (κ3) is 1.99. The van der Waals surface area contributed by atoms with Gasteiger partial charge in [0.2, 0.25) is 0 Å². The molecule has 1 aromatic rings. The van der Waals surface area contributed by atoms with Crippen LogP contribution in [0.2, 0.25) is 0 Å². The van der Waals surface area contributed by atoms with Crippen molar-refractivity contribution in [2.45, 2.75) is 0 Å². The standard InChI is InChI=1S/C11H11NO2S/c1-15-9-4-7-2-3-8(11(13)14)5-10(7)12-6-9/h2-5,12H,6H2,1H3,(H,13,14). The van der Waals surface area contributed by atoms with Crippen LogP contribution in [0.1, 0.15) is 15.9 Å². The second-order valence-electron chi connectivity index (χ2n) is 3.28. The van der Waals surface area contributed by atoms with Crippen LogP contribution < -0.4 is 5.32 Å². The molecule has 0 bridgehead atoms. The second-order valence-corrected chi connectivity index (χ2v) is 4.21. The lowest BCUT2D eigenvalue weighted by Gasteiger charge is -2.17. The minimum absolute atomic E-state index is 0.322. The molecule has 1 heterocycles. The van der Waals surface area contributed by atoms with Crippen LogP contribution in [0, 0.1) is 0 Å². The third-order valence-electron chi connectivity index (χ3n) is 2.33. The molecule has 0 radical (unpaired) electrons. The Labute approximate surface area is 92.2 Å². The van der Waals surface area contributed by atoms with E-state index in [2.05, 4.69) is 11.4 Å². The smallest absolute Gasteiger partial charge is 0.335 e. The van der Waals surface area contributed by atoms with Crippen LogP contribution in [0.25, 0.3) is 6.08 Å². The SMILES string of the molecule is CSC1=Cc2ccc(C(=O)O)cc2NC1. The molecule has 0 atom stereocenters. The zero-order valence-corrected chi connectivity index (χ0v) is 9.10. The highest BCUT2D eigenvalue weighted by atomic mass is 32.2. The molecule has 1 aromatic carbocycles. The van der Waals surface area contributed by atoms with Crippen LogP contribution >= 0.6 is 11.8 Å². The summed E-state index contributed by atoms with van der Waals surface area (Å²) in [6, 6.07) is 5.13. The summed E-state index contributed by atoms with van der Waals surface area (Å²) >= 11 is 1.70. The van der Waals surface area contributed by atoms with Gasteiger partial charge in [-0.3, -0.25) is 0 Å². The summed E-state index contributed by atoms with van der Waals surface area (Å²) in [5.41, 5.74) is 2.27. The molecule has 0 unspecified atom stereocenters. The highest BCUT2D eigenvalue weighted by molar-refractivity contribution is 8.02. The zero-order chi connectivity index (χ0) is 10.8. The summed E-state index contributed by atoms with van der Waals surface area (Å²) in [5.74, 6) is -0.890. The van der Waals surface area contributed by atoms with Crippen molar-refractivity contribution in [3.8, 4) is 0 Å². The first-order valence-electron chi connectivity index (χ1n) is 4.56. The van der Waals surface area contributed by atoms with Gasteiger partial charge in [0.15, 0.2) is 0 Å². The van der Waals surface area contributed by atoms with Crippen molar-refractivity contribution in [3.63, 3.8) is 0 Å². The van der Waals surface area contributed by atoms with Gasteiger partial charge in [0, 0.05) is 17.1 Å². The van der Waals surface area contributed by atoms with E-state index in [-0.39, 0.29) is 0 Å². The van der Waals surface area contributed by atoms with Gasteiger partial charge < -0.3 is 10.4 Å². The quantitative estimate of drug-likeness (QED) is 0.805. The minimum atomic E-state index is -0.890. The van der Waals surface area contributed by atoms with Crippen LogP contribution in [0.5, 0.6) is 0 Å². The maximum absolute atomic E-state index is 10.8. The number of nitrogens with one attached hydrogen (secondary N) is 1. The van der Waals surface area contributed by atoms with Crippen LogP contribution in [-0.4, -0.2) is 23.9 Å². The van der Waals surface area contributed by atoms with Gasteiger partial charge in [0.1, 0.15) is 0 Å². The molecule has 4 heteroatoms. The number of benzene rings is 1. The number of fused-ring (bicyclic) bond motifs is 1. The lowest BCUT2D eigenvalue weighted by atomic mass is 10.1. The molecule has 0 spiro atoms. The highest BCUT2D eigenvalue weighted by Crippen LogP contribution is 2.28. The molecule has 0 fully saturated rings. The molecule has 1 aliphatic heterocycles. The van der Waals surface area contributed by atoms with Crippen LogP contribution in [-0.2, 0) is 0 Å². The lowest BCUT2D eigenvalue weighted by Crippen LogP contribution is -2.09. The van der Waals surface area contributed by atoms with Crippen molar-refractivity contribution in [1.29, 1.82) is 0 Å². The van der Waals surface area contributed by atoms with Crippen molar-refractivity contribution < 1.29 is 9.90 Å². The molecule has 0 saturated carbocycles. The van der Waals surface area contributed by atoms with Crippen LogP contribution in [0.3, 0.4) is 0 Å². The Morgan fingerprint density at radius 2 is 2.33 bits per heavy atom. The third-order valence-corrected chi connectivity index (χ3v) is 3.12. The maximum Gasteiger partial charge on any atom is 0.335 e. The summed E-state index contributed by atoms with van der Waals surface area (Å²) in [6.07, 6.45) is 4.12. The Kier molecular flexibility index (Phi) is 2.68. The van der Waals surface area contributed by atoms with Gasteiger partial charge in [-0.05, 0) is 30.0 Å². The molecule has 15 heavy (non-hydrogen) atoms. The zero-order valence-electron chi connectivity index (χ0n) is 8.28. The summed E-state index contributed by atoms with van der Waals surface area (Å²) < 4.78 is 0. The van der Waals surface area contributed by atoms with Gasteiger partial charge in [-0.25, -0.2) is 4.79 Å². The van der Waals surface area contributed by atoms with Gasteiger partial charge in [-0.2, -0.15) is 0 Å². The van der Waals surface area contributed by atoms with Crippen molar-refractivity contribution in [2.75, 3.05) is 18.1 Å². The van der Waals surface area contributed by atoms with E-state index >= 15 is 0 Å². The first-order chi connectivity index (χ1) is 7.20. The van der Waals surface area contributed by atoms with Gasteiger partial charge in [-0.1, -0.05) is 6.07 Å². The summed E-state index contributed by atoms with van der Waals surface area (Å²) in [7, 11) is 0. The minimum Gasteiger partial charge on any atom is -0.478 e. The van der Waals surface area contributed by atoms with E-state index in [1.165, 1.54) is 4.91 Å². The predicted molar refractivity (Wildman–Crippen MR) is 63.4 cm³/mol. The molecule has 2 N–H and O–H groups in total. The molecule has 2 rings (SSSR count). The number of rotatable bonds is 2. The second kappa shape index (κ2) is 3.98. The average molecular weight is 221 g/mol. The molecule has 0 aromatic heterocycles. The Bertz CT molecular complexity index is 440. The average Bonchev–Trinajstić information content (AvgIpc) is 2.27. The van der Waals surface area contributed by atoms with E-state index in [9.17, 15) is 4.79 Å². The van der Waals surface area contributed by atoms with E-state index in [0.717, 1.165) is 17.8 Å². The van der Waals surface area contributed by atoms with E-state index in [1.54, 1.807) is 23.9 Å². The van der Waals surface area contributed by atoms with Gasteiger partial charge in [0.25, 0.3) is 0 Å². The van der Waals surface area contributed by atoms with Crippen LogP contribution in [0.4, 0.5) is 5.69 Å². The van der Waals surface area contributed by atoms with Gasteiger partial charge >= 0.3 is 5.97 Å². The maximum atomic E-state index is 10.8. The fraction of sp³-hybridized carbons (Fsp3) is 0.182. The Morgan fingerprint density at radius 3 is 3.00 bits per heavy atom. The first kappa shape index (κ1) is 10.1. The van der Waals surface area contributed by atoms with Gasteiger partial charge in [0.05, 0.1) is 5.56 Å². The first-order valence-corrected chi connectivity index (χ1v) is 5.79. The number of hydrogen-bond acceptors (Lipinski definition) is 3. The number of carbonyl (C=O) groups is 1. The molecular formula is C11H11NO2S. The number of carboxylic acid groups (broad SMARTS) is 1. The molecule has 1 aliphatic rings. The molecular weight excluding hydrogens is 210 g/mol. The molecule has 0 saturated heterocycles. The van der Waals surface area contributed by atoms with Crippen molar-refractivity contribution >= 4 is 29.5 Å². The highest BCUT2D eigenvalue weighted by Gasteiger charge is 2.11. The van der Waals surface area contributed by atoms with E-state index in [4.69, 9.17) is 5.11 Å². The number of anilines is 1. The fourth-order valence-corrected chi connectivity index (χ4v) is 1.97. The van der Waals surface area contributed by atoms with Gasteiger partial charge in [-0.15, -0.1) is 11.8 Å². The van der Waals surface area contributed by atoms with E-state index in [0.29, 0.717) is 5.56 Å². The topological polar surface area (TPSA) is 49.3 Å². The normalized spacial score (nSPS) is 13.8. The van der Waals surface area contributed by atoms with E-state index in [1.807, 2.05) is 12.3 Å². The van der Waals surface area contributed by atoms with Crippen LogP contribution in [0.15, 0.2) is 23.1 Å². The van der Waals surface area contributed by atoms with E-state index < -0.39 is 5.97 Å². The Balaban J connectivity index is 2.41. The fourth-order valence-electron chi connectivity index (χ4n) is 1.51. The monoisotopic (exact) mass is 221 g/mol. The molecule has 78 valence electrons. The molecule has 0 amide bonds. The van der Waals surface area contributed by atoms with Crippen molar-refractivity contribution in [2.24, 2.45) is 0 Å². The summed E-state index contributed by atoms with van der Waals surface area (Å²) in [5, 5.41) is 12.0. The summed E-state index contributed by atoms with van der Waals surface area (Å²) in [4.78, 5) is 12.0. The summed E-state index contributed by atoms with van der Waals surface area (Å²) in [6.45, 7) is 0.775. The molecule has 3 nitrogen and oxygen atoms in total. The Hall–Kier alpha value is -1.42.